The van der Waals surface area contributed by atoms with E-state index in [1.54, 1.807) is 48.5 Å². The van der Waals surface area contributed by atoms with Gasteiger partial charge in [0.25, 0.3) is 0 Å². The first-order chi connectivity index (χ1) is 14.1. The number of carbonyl (C=O) groups excluding carboxylic acids is 1. The molecule has 0 fully saturated rings. The molecule has 0 amide bonds. The second kappa shape index (κ2) is 7.63. The van der Waals surface area contributed by atoms with Crippen molar-refractivity contribution < 1.29 is 27.9 Å². The quantitative estimate of drug-likeness (QED) is 0.356. The fraction of sp³-hybridized carbons (Fsp3) is 0.0909. The topological polar surface area (TPSA) is 70.8 Å². The van der Waals surface area contributed by atoms with Crippen molar-refractivity contribution >= 4 is 16.9 Å². The van der Waals surface area contributed by atoms with E-state index >= 15 is 0 Å². The van der Waals surface area contributed by atoms with Crippen LogP contribution in [0.3, 0.4) is 0 Å². The minimum absolute atomic E-state index is 0.183. The smallest absolute Gasteiger partial charge is 0.351 e. The summed E-state index contributed by atoms with van der Waals surface area (Å²) in [6.45, 7) is 0. The van der Waals surface area contributed by atoms with Gasteiger partial charge < -0.3 is 18.7 Å². The number of ether oxygens (including phenoxy) is 3. The Morgan fingerprint density at radius 1 is 0.966 bits per heavy atom. The molecule has 3 aromatic carbocycles. The molecule has 0 saturated carbocycles. The predicted molar refractivity (Wildman–Crippen MR) is 104 cm³/mol. The highest BCUT2D eigenvalue weighted by Crippen LogP contribution is 2.33. The minimum atomic E-state index is -0.628. The summed E-state index contributed by atoms with van der Waals surface area (Å²) in [7, 11) is 2.92. The lowest BCUT2D eigenvalue weighted by Crippen LogP contribution is -2.11. The van der Waals surface area contributed by atoms with Crippen molar-refractivity contribution in [2.45, 2.75) is 0 Å². The Morgan fingerprint density at radius 2 is 1.66 bits per heavy atom. The third kappa shape index (κ3) is 3.50. The number of esters is 1. The average Bonchev–Trinajstić information content (AvgIpc) is 3.16. The number of hydrogen-bond acceptors (Lipinski definition) is 6. The molecule has 1 heterocycles. The molecule has 6 nitrogen and oxygen atoms in total. The molecule has 4 rings (SSSR count). The van der Waals surface area contributed by atoms with Crippen LogP contribution in [0.15, 0.2) is 65.2 Å². The van der Waals surface area contributed by atoms with E-state index in [0.717, 1.165) is 0 Å². The summed E-state index contributed by atoms with van der Waals surface area (Å²) in [4.78, 5) is 12.7. The molecule has 4 aromatic rings. The van der Waals surface area contributed by atoms with Gasteiger partial charge in [-0.25, -0.2) is 9.18 Å². The van der Waals surface area contributed by atoms with Crippen LogP contribution in [0.25, 0.3) is 22.2 Å². The molecule has 0 unspecified atom stereocenters. The van der Waals surface area contributed by atoms with E-state index in [9.17, 15) is 9.18 Å². The largest absolute Gasteiger partial charge is 0.496 e. The molecule has 0 N–H and O–H groups in total. The van der Waals surface area contributed by atoms with E-state index in [2.05, 4.69) is 5.16 Å². The number of aromatic nitrogens is 1. The van der Waals surface area contributed by atoms with E-state index in [1.807, 2.05) is 0 Å². The van der Waals surface area contributed by atoms with Gasteiger partial charge in [-0.1, -0.05) is 11.2 Å². The Morgan fingerprint density at radius 3 is 2.31 bits per heavy atom. The first-order valence-electron chi connectivity index (χ1n) is 8.69. The standard InChI is InChI=1S/C22H16FNO5/c1-26-17-4-3-5-18(27-2)20(17)22(25)28-15-10-11-16-19(12-15)29-24-21(16)13-6-8-14(23)9-7-13/h3-12H,1-2H3. The number of carbonyl (C=O) groups is 1. The van der Waals surface area contributed by atoms with Crippen molar-refractivity contribution in [3.63, 3.8) is 0 Å². The number of nitrogens with zero attached hydrogens (tertiary/aromatic N) is 1. The van der Waals surface area contributed by atoms with Crippen molar-refractivity contribution in [3.05, 3.63) is 72.0 Å². The van der Waals surface area contributed by atoms with Gasteiger partial charge in [0.15, 0.2) is 5.58 Å². The third-order valence-corrected chi connectivity index (χ3v) is 4.40. The van der Waals surface area contributed by atoms with Crippen LogP contribution in [0.2, 0.25) is 0 Å². The maximum atomic E-state index is 13.2. The van der Waals surface area contributed by atoms with Gasteiger partial charge in [-0.15, -0.1) is 0 Å². The Bertz CT molecular complexity index is 1160. The molecule has 0 atom stereocenters. The SMILES string of the molecule is COc1cccc(OC)c1C(=O)Oc1ccc2c(-c3ccc(F)cc3)noc2c1. The molecule has 0 bridgehead atoms. The molecule has 146 valence electrons. The van der Waals surface area contributed by atoms with Crippen molar-refractivity contribution in [2.24, 2.45) is 0 Å². The van der Waals surface area contributed by atoms with Crippen molar-refractivity contribution in [2.75, 3.05) is 14.2 Å². The Kier molecular flexibility index (Phi) is 4.87. The third-order valence-electron chi connectivity index (χ3n) is 4.40. The summed E-state index contributed by atoms with van der Waals surface area (Å²) >= 11 is 0. The van der Waals surface area contributed by atoms with Crippen LogP contribution < -0.4 is 14.2 Å². The van der Waals surface area contributed by atoms with Gasteiger partial charge in [-0.3, -0.25) is 0 Å². The molecule has 0 aliphatic carbocycles. The van der Waals surface area contributed by atoms with Crippen molar-refractivity contribution in [1.29, 1.82) is 0 Å². The highest BCUT2D eigenvalue weighted by atomic mass is 19.1. The van der Waals surface area contributed by atoms with Gasteiger partial charge in [0.2, 0.25) is 0 Å². The molecule has 7 heteroatoms. The number of rotatable bonds is 5. The highest BCUT2D eigenvalue weighted by Gasteiger charge is 2.21. The number of halogens is 1. The first-order valence-corrected chi connectivity index (χ1v) is 8.69. The van der Waals surface area contributed by atoms with Crippen LogP contribution in [-0.4, -0.2) is 25.3 Å². The normalized spacial score (nSPS) is 10.7. The molecule has 0 aliphatic heterocycles. The van der Waals surface area contributed by atoms with E-state index in [-0.39, 0.29) is 17.1 Å². The first kappa shape index (κ1) is 18.5. The maximum absolute atomic E-state index is 13.2. The second-order valence-electron chi connectivity index (χ2n) is 6.12. The monoisotopic (exact) mass is 393 g/mol. The van der Waals surface area contributed by atoms with Crippen LogP contribution in [0, 0.1) is 5.82 Å². The molecular weight excluding hydrogens is 377 g/mol. The van der Waals surface area contributed by atoms with Crippen LogP contribution in [0.5, 0.6) is 17.2 Å². The van der Waals surface area contributed by atoms with Gasteiger partial charge >= 0.3 is 5.97 Å². The number of fused-ring (bicyclic) bond motifs is 1. The highest BCUT2D eigenvalue weighted by molar-refractivity contribution is 5.98. The zero-order valence-corrected chi connectivity index (χ0v) is 15.6. The molecule has 0 spiro atoms. The van der Waals surface area contributed by atoms with Gasteiger partial charge in [0.05, 0.1) is 14.2 Å². The summed E-state index contributed by atoms with van der Waals surface area (Å²) < 4.78 is 34.5. The van der Waals surface area contributed by atoms with Crippen LogP contribution >= 0.6 is 0 Å². The summed E-state index contributed by atoms with van der Waals surface area (Å²) in [5, 5.41) is 4.76. The molecule has 29 heavy (non-hydrogen) atoms. The summed E-state index contributed by atoms with van der Waals surface area (Å²) in [5.74, 6) is -0.000847. The van der Waals surface area contributed by atoms with Gasteiger partial charge in [0.1, 0.15) is 34.3 Å². The number of methoxy groups -OCH3 is 2. The van der Waals surface area contributed by atoms with Gasteiger partial charge in [0, 0.05) is 17.0 Å². The van der Waals surface area contributed by atoms with E-state index in [0.29, 0.717) is 33.7 Å². The minimum Gasteiger partial charge on any atom is -0.496 e. The van der Waals surface area contributed by atoms with E-state index in [4.69, 9.17) is 18.7 Å². The molecular formula is C22H16FNO5. The molecule has 0 aliphatic rings. The Labute approximate surface area is 165 Å². The van der Waals surface area contributed by atoms with E-state index < -0.39 is 5.97 Å². The number of hydrogen-bond donors (Lipinski definition) is 0. The van der Waals surface area contributed by atoms with Crippen molar-refractivity contribution in [1.82, 2.24) is 5.16 Å². The lowest BCUT2D eigenvalue weighted by Gasteiger charge is -2.12. The molecule has 0 saturated heterocycles. The fourth-order valence-electron chi connectivity index (χ4n) is 3.01. The lowest BCUT2D eigenvalue weighted by atomic mass is 10.1. The summed E-state index contributed by atoms with van der Waals surface area (Å²) in [5.41, 5.74) is 1.90. The second-order valence-corrected chi connectivity index (χ2v) is 6.12. The van der Waals surface area contributed by atoms with Gasteiger partial charge in [-0.2, -0.15) is 0 Å². The zero-order valence-electron chi connectivity index (χ0n) is 15.6. The Balaban J connectivity index is 1.65. The van der Waals surface area contributed by atoms with Crippen LogP contribution in [-0.2, 0) is 0 Å². The van der Waals surface area contributed by atoms with Gasteiger partial charge in [-0.05, 0) is 48.5 Å². The predicted octanol–water partition coefficient (Wildman–Crippen LogP) is 4.87. The Hall–Kier alpha value is -3.87. The van der Waals surface area contributed by atoms with Crippen molar-refractivity contribution in [3.8, 4) is 28.5 Å². The molecule has 1 aromatic heterocycles. The average molecular weight is 393 g/mol. The number of benzene rings is 3. The lowest BCUT2D eigenvalue weighted by molar-refractivity contribution is 0.0727. The summed E-state index contributed by atoms with van der Waals surface area (Å²) in [6.07, 6.45) is 0. The fourth-order valence-corrected chi connectivity index (χ4v) is 3.01. The maximum Gasteiger partial charge on any atom is 0.351 e. The van der Waals surface area contributed by atoms with Crippen LogP contribution in [0.1, 0.15) is 10.4 Å². The van der Waals surface area contributed by atoms with Crippen LogP contribution in [0.4, 0.5) is 4.39 Å². The summed E-state index contributed by atoms with van der Waals surface area (Å²) in [6, 6.07) is 15.9. The van der Waals surface area contributed by atoms with E-state index in [1.165, 1.54) is 26.4 Å². The molecule has 0 radical (unpaired) electrons. The zero-order chi connectivity index (χ0) is 20.4.